The van der Waals surface area contributed by atoms with Crippen molar-refractivity contribution >= 4 is 50.6 Å². The Bertz CT molecular complexity index is 722. The molecule has 0 radical (unpaired) electrons. The molecule has 1 aromatic heterocycles. The van der Waals surface area contributed by atoms with Crippen molar-refractivity contribution in [3.63, 3.8) is 0 Å². The van der Waals surface area contributed by atoms with Gasteiger partial charge in [0.05, 0.1) is 16.2 Å². The van der Waals surface area contributed by atoms with Gasteiger partial charge < -0.3 is 5.73 Å². The second kappa shape index (κ2) is 5.79. The Morgan fingerprint density at radius 3 is 2.35 bits per heavy atom. The fourth-order valence-corrected chi connectivity index (χ4v) is 4.04. The van der Waals surface area contributed by atoms with Gasteiger partial charge in [0.15, 0.2) is 0 Å². The highest BCUT2D eigenvalue weighted by atomic mass is 35.5. The smallest absolute Gasteiger partial charge is 0.243 e. The fraction of sp³-hybridized carbons (Fsp3) is 0.100. The molecule has 0 saturated heterocycles. The standard InChI is InChI=1S/C10H9Cl3N4O2S/c11-6-1-7(12)9(8(13)2-6)20(18,19)16-4-5-3-15-17-10(5)14/h1-3,16H,4H2,(H3,14,15,17). The first-order valence-corrected chi connectivity index (χ1v) is 7.85. The van der Waals surface area contributed by atoms with Crippen LogP contribution in [0, 0.1) is 0 Å². The zero-order valence-corrected chi connectivity index (χ0v) is 12.9. The maximum atomic E-state index is 12.2. The first-order chi connectivity index (χ1) is 9.31. The van der Waals surface area contributed by atoms with Crippen LogP contribution >= 0.6 is 34.8 Å². The van der Waals surface area contributed by atoms with E-state index < -0.39 is 10.0 Å². The SMILES string of the molecule is Nc1[nH]ncc1CNS(=O)(=O)c1c(Cl)cc(Cl)cc1Cl. The lowest BCUT2D eigenvalue weighted by Crippen LogP contribution is -2.24. The molecule has 0 aliphatic carbocycles. The first kappa shape index (κ1) is 15.4. The van der Waals surface area contributed by atoms with Crippen LogP contribution in [0.4, 0.5) is 5.82 Å². The second-order valence-electron chi connectivity index (χ2n) is 3.83. The highest BCUT2D eigenvalue weighted by Gasteiger charge is 2.22. The van der Waals surface area contributed by atoms with Crippen molar-refractivity contribution in [1.29, 1.82) is 0 Å². The average Bonchev–Trinajstić information content (AvgIpc) is 2.70. The Morgan fingerprint density at radius 1 is 1.25 bits per heavy atom. The molecule has 2 aromatic rings. The van der Waals surface area contributed by atoms with Gasteiger partial charge in [0, 0.05) is 17.1 Å². The molecular formula is C10H9Cl3N4O2S. The molecular weight excluding hydrogens is 347 g/mol. The van der Waals surface area contributed by atoms with Crippen LogP contribution in [0.25, 0.3) is 0 Å². The summed E-state index contributed by atoms with van der Waals surface area (Å²) in [5, 5.41) is 6.31. The number of halogens is 3. The maximum Gasteiger partial charge on any atom is 0.243 e. The van der Waals surface area contributed by atoms with Crippen molar-refractivity contribution in [2.45, 2.75) is 11.4 Å². The van der Waals surface area contributed by atoms with Gasteiger partial charge in [-0.1, -0.05) is 34.8 Å². The minimum absolute atomic E-state index is 0.0417. The summed E-state index contributed by atoms with van der Waals surface area (Å²) in [5.41, 5.74) is 6.07. The normalized spacial score (nSPS) is 11.8. The summed E-state index contributed by atoms with van der Waals surface area (Å²) >= 11 is 17.5. The minimum Gasteiger partial charge on any atom is -0.384 e. The Hall–Kier alpha value is -0.990. The lowest BCUT2D eigenvalue weighted by molar-refractivity contribution is 0.581. The van der Waals surface area contributed by atoms with Crippen molar-refractivity contribution < 1.29 is 8.42 Å². The number of benzene rings is 1. The number of nitrogens with zero attached hydrogens (tertiary/aromatic N) is 1. The Morgan fingerprint density at radius 2 is 1.85 bits per heavy atom. The van der Waals surface area contributed by atoms with Gasteiger partial charge in [-0.2, -0.15) is 5.10 Å². The van der Waals surface area contributed by atoms with E-state index in [0.29, 0.717) is 5.56 Å². The minimum atomic E-state index is -3.90. The molecule has 0 atom stereocenters. The van der Waals surface area contributed by atoms with Crippen LogP contribution in [0.2, 0.25) is 15.1 Å². The van der Waals surface area contributed by atoms with Crippen LogP contribution in [0.3, 0.4) is 0 Å². The van der Waals surface area contributed by atoms with Gasteiger partial charge in [0.25, 0.3) is 0 Å². The number of anilines is 1. The van der Waals surface area contributed by atoms with Crippen LogP contribution in [-0.4, -0.2) is 18.6 Å². The molecule has 0 fully saturated rings. The van der Waals surface area contributed by atoms with Gasteiger partial charge in [-0.15, -0.1) is 0 Å². The zero-order chi connectivity index (χ0) is 14.9. The number of hydrogen-bond acceptors (Lipinski definition) is 4. The van der Waals surface area contributed by atoms with Crippen molar-refractivity contribution in [2.24, 2.45) is 0 Å². The summed E-state index contributed by atoms with van der Waals surface area (Å²) in [6, 6.07) is 2.60. The number of sulfonamides is 1. The van der Waals surface area contributed by atoms with Crippen LogP contribution in [0.15, 0.2) is 23.2 Å². The lowest BCUT2D eigenvalue weighted by atomic mass is 10.3. The number of nitrogens with one attached hydrogen (secondary N) is 2. The number of rotatable bonds is 4. The Labute approximate surface area is 130 Å². The number of nitrogen functional groups attached to an aromatic ring is 1. The maximum absolute atomic E-state index is 12.2. The quantitative estimate of drug-likeness (QED) is 0.784. The molecule has 10 heteroatoms. The molecule has 0 saturated carbocycles. The largest absolute Gasteiger partial charge is 0.384 e. The summed E-state index contributed by atoms with van der Waals surface area (Å²) < 4.78 is 26.7. The molecule has 0 spiro atoms. The fourth-order valence-electron chi connectivity index (χ4n) is 1.49. The Kier molecular flexibility index (Phi) is 4.46. The van der Waals surface area contributed by atoms with Gasteiger partial charge in [-0.05, 0) is 12.1 Å². The van der Waals surface area contributed by atoms with Crippen molar-refractivity contribution in [2.75, 3.05) is 5.73 Å². The molecule has 0 unspecified atom stereocenters. The first-order valence-electron chi connectivity index (χ1n) is 5.23. The molecule has 1 heterocycles. The Balaban J connectivity index is 2.30. The lowest BCUT2D eigenvalue weighted by Gasteiger charge is -2.10. The van der Waals surface area contributed by atoms with Crippen molar-refractivity contribution in [3.8, 4) is 0 Å². The number of aromatic nitrogens is 2. The number of hydrogen-bond donors (Lipinski definition) is 3. The zero-order valence-electron chi connectivity index (χ0n) is 9.82. The molecule has 0 amide bonds. The van der Waals surface area contributed by atoms with Gasteiger partial charge >= 0.3 is 0 Å². The van der Waals surface area contributed by atoms with Crippen molar-refractivity contribution in [3.05, 3.63) is 39.0 Å². The predicted molar refractivity (Wildman–Crippen MR) is 78.5 cm³/mol. The molecule has 2 rings (SSSR count). The molecule has 108 valence electrons. The summed E-state index contributed by atoms with van der Waals surface area (Å²) in [6.07, 6.45) is 1.42. The summed E-state index contributed by atoms with van der Waals surface area (Å²) in [4.78, 5) is -0.229. The van der Waals surface area contributed by atoms with Crippen molar-refractivity contribution in [1.82, 2.24) is 14.9 Å². The van der Waals surface area contributed by atoms with Gasteiger partial charge in [0.1, 0.15) is 10.7 Å². The third kappa shape index (κ3) is 3.18. The van der Waals surface area contributed by atoms with E-state index in [4.69, 9.17) is 40.5 Å². The molecule has 4 N–H and O–H groups in total. The summed E-state index contributed by atoms with van der Waals surface area (Å²) in [5.74, 6) is 0.279. The molecule has 6 nitrogen and oxygen atoms in total. The van der Waals surface area contributed by atoms with E-state index in [-0.39, 0.29) is 32.3 Å². The van der Waals surface area contributed by atoms with E-state index in [1.807, 2.05) is 0 Å². The highest BCUT2D eigenvalue weighted by Crippen LogP contribution is 2.32. The van der Waals surface area contributed by atoms with Gasteiger partial charge in [0.2, 0.25) is 10.0 Å². The third-order valence-electron chi connectivity index (χ3n) is 2.44. The van der Waals surface area contributed by atoms with Crippen LogP contribution in [-0.2, 0) is 16.6 Å². The van der Waals surface area contributed by atoms with E-state index in [2.05, 4.69) is 14.9 Å². The molecule has 1 aromatic carbocycles. The van der Waals surface area contributed by atoms with E-state index in [0.717, 1.165) is 0 Å². The molecule has 20 heavy (non-hydrogen) atoms. The number of H-pyrrole nitrogens is 1. The average molecular weight is 356 g/mol. The second-order valence-corrected chi connectivity index (χ2v) is 6.79. The van der Waals surface area contributed by atoms with E-state index in [1.54, 1.807) is 0 Å². The van der Waals surface area contributed by atoms with Gasteiger partial charge in [-0.3, -0.25) is 5.10 Å². The van der Waals surface area contributed by atoms with Crippen LogP contribution in [0.1, 0.15) is 5.56 Å². The molecule has 0 aliphatic heterocycles. The number of aromatic amines is 1. The summed E-state index contributed by atoms with van der Waals surface area (Å²) in [7, 11) is -3.90. The molecule has 0 bridgehead atoms. The predicted octanol–water partition coefficient (Wildman–Crippen LogP) is 2.43. The molecule has 0 aliphatic rings. The van der Waals surface area contributed by atoms with E-state index >= 15 is 0 Å². The van der Waals surface area contributed by atoms with Crippen LogP contribution in [0.5, 0.6) is 0 Å². The number of nitrogens with two attached hydrogens (primary N) is 1. The summed E-state index contributed by atoms with van der Waals surface area (Å²) in [6.45, 7) is -0.0417. The van der Waals surface area contributed by atoms with E-state index in [1.165, 1.54) is 18.3 Å². The highest BCUT2D eigenvalue weighted by molar-refractivity contribution is 7.89. The van der Waals surface area contributed by atoms with Gasteiger partial charge in [-0.25, -0.2) is 13.1 Å². The monoisotopic (exact) mass is 354 g/mol. The van der Waals surface area contributed by atoms with E-state index in [9.17, 15) is 8.42 Å². The topological polar surface area (TPSA) is 101 Å². The van der Waals surface area contributed by atoms with Crippen LogP contribution < -0.4 is 10.5 Å². The third-order valence-corrected chi connectivity index (χ3v) is 4.98.